The minimum absolute atomic E-state index is 0.102. The lowest BCUT2D eigenvalue weighted by molar-refractivity contribution is -0.146. The highest BCUT2D eigenvalue weighted by Crippen LogP contribution is 2.19. The Kier molecular flexibility index (Phi) is 10.6. The zero-order chi connectivity index (χ0) is 28.4. The number of carbonyl (C=O) groups is 3. The normalized spacial score (nSPS) is 17.5. The van der Waals surface area contributed by atoms with Gasteiger partial charge in [0.2, 0.25) is 21.8 Å². The lowest BCUT2D eigenvalue weighted by atomic mass is 9.98. The molecule has 1 aliphatic heterocycles. The molecule has 0 bridgehead atoms. The van der Waals surface area contributed by atoms with Crippen molar-refractivity contribution in [2.45, 2.75) is 36.2 Å². The van der Waals surface area contributed by atoms with E-state index in [9.17, 15) is 27.9 Å². The standard InChI is InChI=1S/C25H34N6O7S/c1-38-25(35)22(15-32)29-24(34)21(12-23(33)27-13-17-5-4-10-31(14-17)16-28-26)30-39(36,37)20-9-8-18-6-2-3-7-19(18)11-20/h2-3,6-9,11,16-17,21-22,30,32H,4-5,10,12-15,26H2,1H3,(H,27,33)(H,29,34)/t17-,21-,22-/m0/s1. The molecular weight excluding hydrogens is 528 g/mol. The van der Waals surface area contributed by atoms with Crippen LogP contribution < -0.4 is 21.2 Å². The lowest BCUT2D eigenvalue weighted by Crippen LogP contribution is -2.54. The highest BCUT2D eigenvalue weighted by atomic mass is 32.2. The molecule has 14 heteroatoms. The second kappa shape index (κ2) is 13.9. The fraction of sp³-hybridized carbons (Fsp3) is 0.440. The van der Waals surface area contributed by atoms with E-state index in [0.717, 1.165) is 31.9 Å². The van der Waals surface area contributed by atoms with Gasteiger partial charge in [0.15, 0.2) is 6.04 Å². The number of hydrazone groups is 1. The number of aliphatic hydroxyl groups excluding tert-OH is 1. The Hall–Kier alpha value is -3.75. The number of esters is 1. The number of nitrogens with one attached hydrogen (secondary N) is 3. The van der Waals surface area contributed by atoms with Gasteiger partial charge in [-0.3, -0.25) is 9.59 Å². The molecule has 1 fully saturated rings. The van der Waals surface area contributed by atoms with E-state index in [1.807, 2.05) is 17.0 Å². The molecule has 13 nitrogen and oxygen atoms in total. The monoisotopic (exact) mass is 562 g/mol. The summed E-state index contributed by atoms with van der Waals surface area (Å²) in [6.07, 6.45) is 2.75. The van der Waals surface area contributed by atoms with Crippen molar-refractivity contribution in [3.8, 4) is 0 Å². The first-order chi connectivity index (χ1) is 18.7. The van der Waals surface area contributed by atoms with Gasteiger partial charge in [-0.15, -0.1) is 0 Å². The van der Waals surface area contributed by atoms with Gasteiger partial charge in [-0.25, -0.2) is 13.2 Å². The molecule has 1 saturated heterocycles. The van der Waals surface area contributed by atoms with Crippen LogP contribution in [0.25, 0.3) is 10.8 Å². The summed E-state index contributed by atoms with van der Waals surface area (Å²) < 4.78 is 33.3. The third-order valence-electron chi connectivity index (χ3n) is 6.39. The fourth-order valence-electron chi connectivity index (χ4n) is 4.35. The third-order valence-corrected chi connectivity index (χ3v) is 7.86. The van der Waals surface area contributed by atoms with Crippen LogP contribution in [-0.2, 0) is 29.1 Å². The van der Waals surface area contributed by atoms with Crippen LogP contribution in [0.2, 0.25) is 0 Å². The minimum atomic E-state index is -4.26. The first-order valence-electron chi connectivity index (χ1n) is 12.4. The molecule has 0 radical (unpaired) electrons. The van der Waals surface area contributed by atoms with Crippen molar-refractivity contribution >= 4 is 44.9 Å². The quantitative estimate of drug-likeness (QED) is 0.0728. The predicted octanol–water partition coefficient (Wildman–Crippen LogP) is -0.743. The maximum Gasteiger partial charge on any atom is 0.330 e. The molecule has 1 heterocycles. The van der Waals surface area contributed by atoms with Crippen LogP contribution in [0.4, 0.5) is 0 Å². The number of hydrogen-bond acceptors (Lipinski definition) is 9. The number of amides is 2. The SMILES string of the molecule is COC(=O)[C@H](CO)NC(=O)[C@H](CC(=O)NC[C@@H]1CCCN(C=NN)C1)NS(=O)(=O)c1ccc2ccccc2c1. The Labute approximate surface area is 226 Å². The second-order valence-electron chi connectivity index (χ2n) is 9.23. The molecule has 2 aromatic rings. The van der Waals surface area contributed by atoms with Crippen LogP contribution in [0.15, 0.2) is 52.5 Å². The average molecular weight is 563 g/mol. The summed E-state index contributed by atoms with van der Waals surface area (Å²) in [6.45, 7) is 0.965. The van der Waals surface area contributed by atoms with Crippen molar-refractivity contribution < 1.29 is 32.6 Å². The number of sulfonamides is 1. The lowest BCUT2D eigenvalue weighted by Gasteiger charge is -2.31. The molecule has 0 saturated carbocycles. The average Bonchev–Trinajstić information content (AvgIpc) is 2.94. The van der Waals surface area contributed by atoms with Gasteiger partial charge < -0.3 is 31.2 Å². The predicted molar refractivity (Wildman–Crippen MR) is 144 cm³/mol. The topological polar surface area (TPSA) is 193 Å². The maximum absolute atomic E-state index is 13.2. The van der Waals surface area contributed by atoms with Gasteiger partial charge in [-0.2, -0.15) is 9.82 Å². The van der Waals surface area contributed by atoms with E-state index < -0.39 is 52.9 Å². The Morgan fingerprint density at radius 3 is 2.64 bits per heavy atom. The Morgan fingerprint density at radius 1 is 1.21 bits per heavy atom. The Morgan fingerprint density at radius 2 is 1.95 bits per heavy atom. The molecule has 2 amide bonds. The summed E-state index contributed by atoms with van der Waals surface area (Å²) in [5, 5.41) is 19.5. The fourth-order valence-corrected chi connectivity index (χ4v) is 5.58. The number of fused-ring (bicyclic) bond motifs is 1. The van der Waals surface area contributed by atoms with Crippen LogP contribution in [0.5, 0.6) is 0 Å². The number of ether oxygens (including phenoxy) is 1. The number of methoxy groups -OCH3 is 1. The van der Waals surface area contributed by atoms with E-state index in [1.165, 1.54) is 18.5 Å². The molecule has 6 N–H and O–H groups in total. The van der Waals surface area contributed by atoms with Gasteiger partial charge in [-0.05, 0) is 41.7 Å². The summed E-state index contributed by atoms with van der Waals surface area (Å²) in [6, 6.07) is 8.64. The summed E-state index contributed by atoms with van der Waals surface area (Å²) in [7, 11) is -3.18. The summed E-state index contributed by atoms with van der Waals surface area (Å²) in [4.78, 5) is 39.6. The number of benzene rings is 2. The van der Waals surface area contributed by atoms with Crippen molar-refractivity contribution in [1.82, 2.24) is 20.3 Å². The number of aliphatic hydroxyl groups is 1. The number of nitrogens with two attached hydrogens (primary N) is 1. The highest BCUT2D eigenvalue weighted by Gasteiger charge is 2.31. The van der Waals surface area contributed by atoms with Gasteiger partial charge in [0.25, 0.3) is 0 Å². The van der Waals surface area contributed by atoms with Crippen molar-refractivity contribution in [1.29, 1.82) is 0 Å². The number of likely N-dealkylation sites (tertiary alicyclic amines) is 1. The number of nitrogens with zero attached hydrogens (tertiary/aromatic N) is 2. The van der Waals surface area contributed by atoms with Gasteiger partial charge in [0, 0.05) is 19.6 Å². The molecule has 3 rings (SSSR count). The van der Waals surface area contributed by atoms with Crippen molar-refractivity contribution in [3.05, 3.63) is 42.5 Å². The van der Waals surface area contributed by atoms with Crippen molar-refractivity contribution in [2.24, 2.45) is 16.9 Å². The van der Waals surface area contributed by atoms with E-state index in [-0.39, 0.29) is 10.8 Å². The maximum atomic E-state index is 13.2. The van der Waals surface area contributed by atoms with E-state index in [0.29, 0.717) is 18.5 Å². The van der Waals surface area contributed by atoms with Crippen LogP contribution >= 0.6 is 0 Å². The first kappa shape index (κ1) is 29.8. The molecule has 39 heavy (non-hydrogen) atoms. The Balaban J connectivity index is 1.75. The van der Waals surface area contributed by atoms with Gasteiger partial charge in [0.1, 0.15) is 12.4 Å². The number of piperidine rings is 1. The van der Waals surface area contributed by atoms with Gasteiger partial charge in [-0.1, -0.05) is 30.3 Å². The zero-order valence-corrected chi connectivity index (χ0v) is 22.4. The molecule has 2 aromatic carbocycles. The van der Waals surface area contributed by atoms with Crippen LogP contribution in [0.1, 0.15) is 19.3 Å². The molecule has 0 spiro atoms. The van der Waals surface area contributed by atoms with Gasteiger partial charge in [0.05, 0.1) is 25.0 Å². The number of carbonyl (C=O) groups excluding carboxylic acids is 3. The largest absolute Gasteiger partial charge is 0.467 e. The van der Waals surface area contributed by atoms with E-state index in [4.69, 9.17) is 5.84 Å². The summed E-state index contributed by atoms with van der Waals surface area (Å²) in [5.41, 5.74) is 0. The molecule has 212 valence electrons. The van der Waals surface area contributed by atoms with Gasteiger partial charge >= 0.3 is 5.97 Å². The number of hydrogen-bond donors (Lipinski definition) is 5. The third kappa shape index (κ3) is 8.37. The van der Waals surface area contributed by atoms with Crippen LogP contribution in [-0.4, -0.2) is 88.0 Å². The molecule has 1 aliphatic rings. The van der Waals surface area contributed by atoms with Crippen molar-refractivity contribution in [2.75, 3.05) is 33.4 Å². The van der Waals surface area contributed by atoms with Crippen LogP contribution in [0.3, 0.4) is 0 Å². The molecule has 3 atom stereocenters. The summed E-state index contributed by atoms with van der Waals surface area (Å²) in [5.74, 6) is 2.87. The van der Waals surface area contributed by atoms with E-state index in [2.05, 4.69) is 25.2 Å². The smallest absolute Gasteiger partial charge is 0.330 e. The molecule has 0 unspecified atom stereocenters. The highest BCUT2D eigenvalue weighted by molar-refractivity contribution is 7.89. The zero-order valence-electron chi connectivity index (χ0n) is 21.6. The first-order valence-corrected chi connectivity index (χ1v) is 13.9. The Bertz CT molecular complexity index is 1300. The van der Waals surface area contributed by atoms with E-state index in [1.54, 1.807) is 18.2 Å². The van der Waals surface area contributed by atoms with Crippen molar-refractivity contribution in [3.63, 3.8) is 0 Å². The second-order valence-corrected chi connectivity index (χ2v) is 10.9. The van der Waals surface area contributed by atoms with Crippen LogP contribution in [0, 0.1) is 5.92 Å². The molecule has 0 aliphatic carbocycles. The summed E-state index contributed by atoms with van der Waals surface area (Å²) >= 11 is 0. The molecular formula is C25H34N6O7S. The minimum Gasteiger partial charge on any atom is -0.467 e. The van der Waals surface area contributed by atoms with E-state index >= 15 is 0 Å². The molecule has 0 aromatic heterocycles. The number of rotatable bonds is 12.